The van der Waals surface area contributed by atoms with Crippen molar-refractivity contribution in [3.05, 3.63) is 81.0 Å². The molecule has 2 heterocycles. The lowest BCUT2D eigenvalue weighted by molar-refractivity contribution is -0.144. The minimum absolute atomic E-state index is 0.0128. The van der Waals surface area contributed by atoms with Crippen molar-refractivity contribution < 1.29 is 14.3 Å². The molecule has 2 N–H and O–H groups in total. The molecule has 2 aromatic carbocycles. The zero-order chi connectivity index (χ0) is 24.1. The molecule has 0 radical (unpaired) electrons. The molecule has 0 spiro atoms. The highest BCUT2D eigenvalue weighted by atomic mass is 16.5. The molecule has 0 aliphatic heterocycles. The normalized spacial score (nSPS) is 11.8. The number of pyridine rings is 2. The van der Waals surface area contributed by atoms with E-state index < -0.39 is 22.9 Å². The number of aromatic nitrogens is 2. The zero-order valence-electron chi connectivity index (χ0n) is 18.8. The first-order valence-corrected chi connectivity index (χ1v) is 11.0. The van der Waals surface area contributed by atoms with Crippen LogP contribution in [0.15, 0.2) is 64.6 Å². The Kier molecular flexibility index (Phi) is 6.82. The van der Waals surface area contributed by atoms with E-state index in [4.69, 9.17) is 9.47 Å². The first kappa shape index (κ1) is 22.9. The summed E-state index contributed by atoms with van der Waals surface area (Å²) in [6.07, 6.45) is 5.47. The monoisotopic (exact) mass is 460 g/mol. The second kappa shape index (κ2) is 10.1. The van der Waals surface area contributed by atoms with Crippen LogP contribution in [0.5, 0.6) is 5.75 Å². The number of rotatable bonds is 10. The van der Waals surface area contributed by atoms with Crippen LogP contribution < -0.4 is 26.2 Å². The van der Waals surface area contributed by atoms with Gasteiger partial charge in [0.15, 0.2) is 5.75 Å². The molecule has 1 atom stereocenters. The predicted octanol–water partition coefficient (Wildman–Crippen LogP) is 2.95. The van der Waals surface area contributed by atoms with Gasteiger partial charge < -0.3 is 20.1 Å². The number of hydrogen-bond acceptors (Lipinski definition) is 9. The molecular weight excluding hydrogens is 436 g/mol. The Morgan fingerprint density at radius 1 is 1.00 bits per heavy atom. The van der Waals surface area contributed by atoms with Gasteiger partial charge in [0.05, 0.1) is 13.2 Å². The summed E-state index contributed by atoms with van der Waals surface area (Å²) in [4.78, 5) is 44.9. The van der Waals surface area contributed by atoms with Crippen molar-refractivity contribution in [2.75, 3.05) is 23.8 Å². The Hall–Kier alpha value is -4.27. The third-order valence-corrected chi connectivity index (χ3v) is 5.27. The average molecular weight is 460 g/mol. The fourth-order valence-corrected chi connectivity index (χ4v) is 3.60. The van der Waals surface area contributed by atoms with Gasteiger partial charge in [0.25, 0.3) is 10.9 Å². The van der Waals surface area contributed by atoms with Gasteiger partial charge in [0, 0.05) is 36.1 Å². The second-order valence-corrected chi connectivity index (χ2v) is 7.53. The quantitative estimate of drug-likeness (QED) is 0.272. The van der Waals surface area contributed by atoms with Gasteiger partial charge in [-0.05, 0) is 49.1 Å². The Morgan fingerprint density at radius 2 is 1.76 bits per heavy atom. The second-order valence-electron chi connectivity index (χ2n) is 7.53. The van der Waals surface area contributed by atoms with Crippen molar-refractivity contribution in [2.45, 2.75) is 26.3 Å². The summed E-state index contributed by atoms with van der Waals surface area (Å²) in [7, 11) is 0. The molecule has 0 bridgehead atoms. The summed E-state index contributed by atoms with van der Waals surface area (Å²) in [5, 5.41) is 8.07. The van der Waals surface area contributed by atoms with Gasteiger partial charge in [-0.3, -0.25) is 14.6 Å². The molecule has 0 saturated carbocycles. The van der Waals surface area contributed by atoms with Crippen molar-refractivity contribution in [2.24, 2.45) is 0 Å². The summed E-state index contributed by atoms with van der Waals surface area (Å²) >= 11 is 0. The zero-order valence-corrected chi connectivity index (χ0v) is 18.8. The highest BCUT2D eigenvalue weighted by molar-refractivity contribution is 5.92. The Morgan fingerprint density at radius 3 is 2.50 bits per heavy atom. The van der Waals surface area contributed by atoms with Gasteiger partial charge in [-0.1, -0.05) is 12.1 Å². The molecule has 0 fully saturated rings. The summed E-state index contributed by atoms with van der Waals surface area (Å²) in [6, 6.07) is 10.5. The van der Waals surface area contributed by atoms with Crippen LogP contribution in [0.2, 0.25) is 0 Å². The predicted molar refractivity (Wildman–Crippen MR) is 130 cm³/mol. The fraction of sp³-hybridized carbons (Fsp3) is 0.240. The maximum absolute atomic E-state index is 12.5. The van der Waals surface area contributed by atoms with Crippen molar-refractivity contribution in [3.8, 4) is 5.75 Å². The minimum atomic E-state index is -0.855. The molecule has 0 saturated heterocycles. The van der Waals surface area contributed by atoms with Crippen LogP contribution in [-0.2, 0) is 16.0 Å². The molecule has 0 unspecified atom stereocenters. The van der Waals surface area contributed by atoms with E-state index in [1.54, 1.807) is 32.4 Å². The molecule has 0 aliphatic carbocycles. The van der Waals surface area contributed by atoms with Crippen LogP contribution in [0.25, 0.3) is 10.8 Å². The van der Waals surface area contributed by atoms with Gasteiger partial charge in [0.1, 0.15) is 17.5 Å². The van der Waals surface area contributed by atoms with E-state index in [2.05, 4.69) is 20.6 Å². The van der Waals surface area contributed by atoms with Gasteiger partial charge in [-0.2, -0.15) is 0 Å². The minimum Gasteiger partial charge on any atom is -0.488 e. The molecule has 9 heteroatoms. The lowest BCUT2D eigenvalue weighted by atomic mass is 10.0. The van der Waals surface area contributed by atoms with E-state index in [0.717, 1.165) is 22.0 Å². The Bertz CT molecular complexity index is 1370. The van der Waals surface area contributed by atoms with Crippen LogP contribution in [0.1, 0.15) is 19.4 Å². The van der Waals surface area contributed by atoms with Crippen molar-refractivity contribution in [1.29, 1.82) is 0 Å². The third-order valence-electron chi connectivity index (χ3n) is 5.27. The van der Waals surface area contributed by atoms with E-state index in [9.17, 15) is 14.4 Å². The molecule has 2 aromatic heterocycles. The first-order chi connectivity index (χ1) is 16.5. The number of hydrogen-bond donors (Lipinski definition) is 2. The maximum atomic E-state index is 12.5. The molecule has 34 heavy (non-hydrogen) atoms. The molecule has 4 rings (SSSR count). The van der Waals surface area contributed by atoms with Crippen LogP contribution in [-0.4, -0.2) is 35.2 Å². The van der Waals surface area contributed by atoms with Crippen LogP contribution >= 0.6 is 0 Å². The Labute approximate surface area is 195 Å². The number of carbonyl (C=O) groups excluding carboxylic acids is 1. The molecule has 174 valence electrons. The van der Waals surface area contributed by atoms with Crippen LogP contribution in [0.3, 0.4) is 0 Å². The summed E-state index contributed by atoms with van der Waals surface area (Å²) < 4.78 is 10.4. The summed E-state index contributed by atoms with van der Waals surface area (Å²) in [5.74, 6) is 0.124. The smallest absolute Gasteiger partial charge is 0.328 e. The number of ether oxygens (including phenoxy) is 2. The molecule has 9 nitrogen and oxygen atoms in total. The van der Waals surface area contributed by atoms with E-state index in [0.29, 0.717) is 5.82 Å². The number of anilines is 3. The van der Waals surface area contributed by atoms with E-state index >= 15 is 0 Å². The average Bonchev–Trinajstić information content (AvgIpc) is 2.86. The highest BCUT2D eigenvalue weighted by Gasteiger charge is 2.28. The number of carbonyl (C=O) groups is 1. The van der Waals surface area contributed by atoms with Gasteiger partial charge in [-0.15, -0.1) is 0 Å². The van der Waals surface area contributed by atoms with Crippen molar-refractivity contribution in [3.63, 3.8) is 0 Å². The molecule has 0 amide bonds. The third kappa shape index (κ3) is 4.73. The van der Waals surface area contributed by atoms with E-state index in [1.807, 2.05) is 36.4 Å². The van der Waals surface area contributed by atoms with Gasteiger partial charge >= 0.3 is 5.97 Å². The van der Waals surface area contributed by atoms with Crippen LogP contribution in [0.4, 0.5) is 17.2 Å². The molecule has 0 aliphatic rings. The van der Waals surface area contributed by atoms with Gasteiger partial charge in [0.2, 0.25) is 0 Å². The van der Waals surface area contributed by atoms with Crippen molar-refractivity contribution >= 4 is 33.9 Å². The van der Waals surface area contributed by atoms with Crippen LogP contribution in [0, 0.1) is 0 Å². The van der Waals surface area contributed by atoms with E-state index in [1.165, 1.54) is 0 Å². The van der Waals surface area contributed by atoms with E-state index in [-0.39, 0.29) is 31.1 Å². The van der Waals surface area contributed by atoms with Gasteiger partial charge in [-0.25, -0.2) is 9.78 Å². The molecule has 4 aromatic rings. The largest absolute Gasteiger partial charge is 0.488 e. The topological polar surface area (TPSA) is 120 Å². The summed E-state index contributed by atoms with van der Waals surface area (Å²) in [5.41, 5.74) is 0.266. The molecular formula is C25H24N4O5. The number of esters is 1. The lowest BCUT2D eigenvalue weighted by Gasteiger charge is -2.21. The number of nitrogens with zero attached hydrogens (tertiary/aromatic N) is 2. The fourth-order valence-electron chi connectivity index (χ4n) is 3.60. The SMILES string of the molecule is CCOC(=O)[C@H](Cc1ccc(Nc2nccc3ccncc23)cc1)Nc1c(OCC)c(=O)c1=O. The summed E-state index contributed by atoms with van der Waals surface area (Å²) in [6.45, 7) is 3.84. The van der Waals surface area contributed by atoms with Crippen molar-refractivity contribution in [1.82, 2.24) is 9.97 Å². The first-order valence-electron chi connectivity index (χ1n) is 11.0. The number of fused-ring (bicyclic) bond motifs is 1. The maximum Gasteiger partial charge on any atom is 0.328 e. The lowest BCUT2D eigenvalue weighted by Crippen LogP contribution is -2.42. The Balaban J connectivity index is 1.51. The number of benzene rings is 1. The number of nitrogens with one attached hydrogen (secondary N) is 2. The highest BCUT2D eigenvalue weighted by Crippen LogP contribution is 2.24. The standard InChI is InChI=1S/C25H24N4O5/c1-3-33-23-20(21(30)22(23)31)29-19(25(32)34-4-2)13-15-5-7-17(8-6-15)28-24-18-14-26-11-9-16(18)10-12-27-24/h5-12,14,19,29H,3-4,13H2,1-2H3,(H,27,28)/t19-/m0/s1.